The molecule has 0 N–H and O–H groups in total. The van der Waals surface area contributed by atoms with Crippen molar-refractivity contribution in [1.29, 1.82) is 0 Å². The number of sulfone groups is 1. The Morgan fingerprint density at radius 1 is 1.19 bits per heavy atom. The van der Waals surface area contributed by atoms with Gasteiger partial charge < -0.3 is 4.74 Å². The maximum Gasteiger partial charge on any atom is 0.324 e. The van der Waals surface area contributed by atoms with E-state index in [1.807, 2.05) is 0 Å². The second-order valence-electron chi connectivity index (χ2n) is 4.78. The van der Waals surface area contributed by atoms with Crippen LogP contribution in [0, 0.1) is 5.92 Å². The Balaban J connectivity index is 2.20. The predicted octanol–water partition coefficient (Wildman–Crippen LogP) is 1.30. The van der Waals surface area contributed by atoms with Crippen molar-refractivity contribution in [2.75, 3.05) is 7.11 Å². The first-order valence-corrected chi connectivity index (χ1v) is 7.49. The van der Waals surface area contributed by atoms with Crippen molar-refractivity contribution in [3.63, 3.8) is 0 Å². The van der Waals surface area contributed by atoms with Crippen molar-refractivity contribution in [2.45, 2.75) is 49.0 Å². The Kier molecular flexibility index (Phi) is 3.24. The van der Waals surface area contributed by atoms with Gasteiger partial charge in [-0.1, -0.05) is 12.8 Å². The number of esters is 1. The summed E-state index contributed by atoms with van der Waals surface area (Å²) in [6.45, 7) is 0. The number of hydrogen-bond acceptors (Lipinski definition) is 4. The quantitative estimate of drug-likeness (QED) is 0.701. The molecule has 0 bridgehead atoms. The van der Waals surface area contributed by atoms with Crippen molar-refractivity contribution >= 4 is 15.8 Å². The first kappa shape index (κ1) is 11.9. The molecule has 92 valence electrons. The van der Waals surface area contributed by atoms with Crippen LogP contribution in [0.15, 0.2) is 0 Å². The Labute approximate surface area is 96.3 Å². The van der Waals surface area contributed by atoms with Gasteiger partial charge in [0.25, 0.3) is 0 Å². The molecule has 4 nitrogen and oxygen atoms in total. The molecule has 0 radical (unpaired) electrons. The first-order valence-electron chi connectivity index (χ1n) is 5.88. The van der Waals surface area contributed by atoms with Gasteiger partial charge in [-0.05, 0) is 31.6 Å². The maximum atomic E-state index is 12.3. The molecule has 2 fully saturated rings. The number of hydrogen-bond donors (Lipinski definition) is 0. The number of ether oxygens (including phenoxy) is 1. The molecule has 0 aromatic carbocycles. The Hall–Kier alpha value is -0.580. The number of carbonyl (C=O) groups is 1. The normalized spacial score (nSPS) is 24.3. The van der Waals surface area contributed by atoms with E-state index < -0.39 is 21.1 Å². The van der Waals surface area contributed by atoms with E-state index in [-0.39, 0.29) is 11.2 Å². The van der Waals surface area contributed by atoms with Crippen LogP contribution in [-0.2, 0) is 19.4 Å². The van der Waals surface area contributed by atoms with Crippen molar-refractivity contribution < 1.29 is 17.9 Å². The monoisotopic (exact) mass is 246 g/mol. The highest BCUT2D eigenvalue weighted by atomic mass is 32.2. The Bertz CT molecular complexity index is 363. The third kappa shape index (κ3) is 2.10. The number of carbonyl (C=O) groups excluding carboxylic acids is 1. The Morgan fingerprint density at radius 2 is 1.75 bits per heavy atom. The Morgan fingerprint density at radius 3 is 2.19 bits per heavy atom. The lowest BCUT2D eigenvalue weighted by atomic mass is 10.3. The molecule has 2 rings (SSSR count). The lowest BCUT2D eigenvalue weighted by molar-refractivity contribution is -0.140. The van der Waals surface area contributed by atoms with E-state index >= 15 is 0 Å². The van der Waals surface area contributed by atoms with Crippen LogP contribution >= 0.6 is 0 Å². The van der Waals surface area contributed by atoms with Gasteiger partial charge >= 0.3 is 5.97 Å². The summed E-state index contributed by atoms with van der Waals surface area (Å²) in [4.78, 5) is 11.6. The molecule has 0 aliphatic heterocycles. The molecule has 0 spiro atoms. The molecule has 0 saturated heterocycles. The number of methoxy groups -OCH3 is 1. The molecule has 5 heteroatoms. The van der Waals surface area contributed by atoms with Gasteiger partial charge in [0, 0.05) is 0 Å². The van der Waals surface area contributed by atoms with Crippen LogP contribution in [0.5, 0.6) is 0 Å². The molecule has 16 heavy (non-hydrogen) atoms. The number of rotatable bonds is 4. The molecular weight excluding hydrogens is 228 g/mol. The first-order chi connectivity index (χ1) is 7.57. The fraction of sp³-hybridized carbons (Fsp3) is 0.909. The molecule has 0 amide bonds. The van der Waals surface area contributed by atoms with Crippen molar-refractivity contribution in [3.05, 3.63) is 0 Å². The maximum absolute atomic E-state index is 12.3. The molecule has 2 aliphatic carbocycles. The minimum absolute atomic E-state index is 0.0121. The summed E-state index contributed by atoms with van der Waals surface area (Å²) >= 11 is 0. The van der Waals surface area contributed by atoms with Gasteiger partial charge in [-0.15, -0.1) is 0 Å². The highest BCUT2D eigenvalue weighted by Crippen LogP contribution is 2.40. The van der Waals surface area contributed by atoms with E-state index in [2.05, 4.69) is 4.74 Å². The van der Waals surface area contributed by atoms with Crippen LogP contribution in [0.3, 0.4) is 0 Å². The fourth-order valence-electron chi connectivity index (χ4n) is 2.53. The summed E-state index contributed by atoms with van der Waals surface area (Å²) in [6, 6.07) is 0. The summed E-state index contributed by atoms with van der Waals surface area (Å²) in [6.07, 6.45) is 5.02. The van der Waals surface area contributed by atoms with Crippen LogP contribution in [-0.4, -0.2) is 32.0 Å². The molecule has 1 atom stereocenters. The minimum Gasteiger partial charge on any atom is -0.468 e. The summed E-state index contributed by atoms with van der Waals surface area (Å²) < 4.78 is 29.3. The summed E-state index contributed by atoms with van der Waals surface area (Å²) in [5.74, 6) is -0.549. The standard InChI is InChI=1S/C11H18O4S/c1-15-11(12)10(8-6-7-8)16(13,14)9-4-2-3-5-9/h8-10H,2-7H2,1H3. The van der Waals surface area contributed by atoms with Crippen molar-refractivity contribution in [2.24, 2.45) is 5.92 Å². The van der Waals surface area contributed by atoms with Gasteiger partial charge in [-0.2, -0.15) is 0 Å². The summed E-state index contributed by atoms with van der Waals surface area (Å²) in [7, 11) is -2.06. The van der Waals surface area contributed by atoms with E-state index in [1.54, 1.807) is 0 Å². The van der Waals surface area contributed by atoms with Gasteiger partial charge in [-0.25, -0.2) is 8.42 Å². The minimum atomic E-state index is -3.32. The largest absolute Gasteiger partial charge is 0.468 e. The van der Waals surface area contributed by atoms with Crippen molar-refractivity contribution in [1.82, 2.24) is 0 Å². The zero-order valence-corrected chi connectivity index (χ0v) is 10.3. The zero-order valence-electron chi connectivity index (χ0n) is 9.52. The van der Waals surface area contributed by atoms with Crippen LogP contribution in [0.4, 0.5) is 0 Å². The lowest BCUT2D eigenvalue weighted by Crippen LogP contribution is -2.39. The molecule has 2 saturated carbocycles. The SMILES string of the molecule is COC(=O)C(C1CC1)S(=O)(=O)C1CCCC1. The van der Waals surface area contributed by atoms with Crippen LogP contribution in [0.2, 0.25) is 0 Å². The fourth-order valence-corrected chi connectivity index (χ4v) is 5.11. The van der Waals surface area contributed by atoms with Crippen LogP contribution < -0.4 is 0 Å². The van der Waals surface area contributed by atoms with Crippen LogP contribution in [0.1, 0.15) is 38.5 Å². The van der Waals surface area contributed by atoms with E-state index in [0.717, 1.165) is 25.7 Å². The van der Waals surface area contributed by atoms with Crippen molar-refractivity contribution in [3.8, 4) is 0 Å². The highest BCUT2D eigenvalue weighted by molar-refractivity contribution is 7.93. The van der Waals surface area contributed by atoms with Gasteiger partial charge in [0.1, 0.15) is 0 Å². The van der Waals surface area contributed by atoms with E-state index in [0.29, 0.717) is 12.8 Å². The molecule has 2 aliphatic rings. The zero-order chi connectivity index (χ0) is 11.8. The molecular formula is C11H18O4S. The van der Waals surface area contributed by atoms with Gasteiger partial charge in [0.2, 0.25) is 0 Å². The average molecular weight is 246 g/mol. The topological polar surface area (TPSA) is 60.4 Å². The third-order valence-electron chi connectivity index (χ3n) is 3.60. The second kappa shape index (κ2) is 4.35. The molecule has 1 unspecified atom stereocenters. The van der Waals surface area contributed by atoms with Gasteiger partial charge in [0.05, 0.1) is 12.4 Å². The molecule has 0 aromatic rings. The summed E-state index contributed by atoms with van der Waals surface area (Å²) in [5, 5.41) is -1.20. The van der Waals surface area contributed by atoms with E-state index in [9.17, 15) is 13.2 Å². The molecule has 0 aromatic heterocycles. The average Bonchev–Trinajstić information content (AvgIpc) is 2.90. The molecule has 0 heterocycles. The summed E-state index contributed by atoms with van der Waals surface area (Å²) in [5.41, 5.74) is 0. The smallest absolute Gasteiger partial charge is 0.324 e. The third-order valence-corrected chi connectivity index (χ3v) is 6.29. The van der Waals surface area contributed by atoms with E-state index in [4.69, 9.17) is 0 Å². The predicted molar refractivity (Wildman–Crippen MR) is 59.7 cm³/mol. The van der Waals surface area contributed by atoms with Crippen LogP contribution in [0.25, 0.3) is 0 Å². The highest BCUT2D eigenvalue weighted by Gasteiger charge is 2.49. The van der Waals surface area contributed by atoms with E-state index in [1.165, 1.54) is 7.11 Å². The second-order valence-corrected chi connectivity index (χ2v) is 7.13. The van der Waals surface area contributed by atoms with Gasteiger partial charge in [0.15, 0.2) is 15.1 Å². The lowest BCUT2D eigenvalue weighted by Gasteiger charge is -2.19. The van der Waals surface area contributed by atoms with Gasteiger partial charge in [-0.3, -0.25) is 4.79 Å².